The lowest BCUT2D eigenvalue weighted by Gasteiger charge is -2.11. The number of ether oxygens (including phenoxy) is 2. The highest BCUT2D eigenvalue weighted by Gasteiger charge is 2.08. The van der Waals surface area contributed by atoms with E-state index in [-0.39, 0.29) is 0 Å². The highest BCUT2D eigenvalue weighted by molar-refractivity contribution is 5.79. The van der Waals surface area contributed by atoms with Crippen LogP contribution in [0.2, 0.25) is 0 Å². The number of anilines is 1. The van der Waals surface area contributed by atoms with Gasteiger partial charge >= 0.3 is 0 Å². The van der Waals surface area contributed by atoms with Gasteiger partial charge in [0.05, 0.1) is 14.2 Å². The topological polar surface area (TPSA) is 44.5 Å². The van der Waals surface area contributed by atoms with Gasteiger partial charge < -0.3 is 15.2 Å². The number of hydrogen-bond donors (Lipinski definition) is 1. The number of aryl methyl sites for hydroxylation is 1. The zero-order valence-corrected chi connectivity index (χ0v) is 16.5. The highest BCUT2D eigenvalue weighted by Crippen LogP contribution is 2.31. The first-order chi connectivity index (χ1) is 13.6. The first-order valence-corrected chi connectivity index (χ1v) is 9.13. The maximum absolute atomic E-state index is 5.74. The highest BCUT2D eigenvalue weighted by atomic mass is 16.5. The molecule has 3 nitrogen and oxygen atoms in total. The predicted octanol–water partition coefficient (Wildman–Crippen LogP) is 5.94. The molecular formula is C25H25NO2. The van der Waals surface area contributed by atoms with Crippen LogP contribution in [-0.4, -0.2) is 14.2 Å². The zero-order valence-electron chi connectivity index (χ0n) is 16.5. The first-order valence-electron chi connectivity index (χ1n) is 9.13. The van der Waals surface area contributed by atoms with Crippen molar-refractivity contribution in [3.63, 3.8) is 0 Å². The first kappa shape index (κ1) is 19.3. The minimum absolute atomic E-state index is 0.751. The number of nitrogens with two attached hydrogens (primary N) is 1. The molecule has 0 saturated heterocycles. The average Bonchev–Trinajstić information content (AvgIpc) is 2.72. The SMILES string of the molecule is COc1cc(/C=C/c2ccc(N)cc2)c(OC)cc1/C=C/c1ccc(C)cc1. The monoisotopic (exact) mass is 371 g/mol. The molecule has 0 fully saturated rings. The van der Waals surface area contributed by atoms with Crippen LogP contribution in [0.5, 0.6) is 11.5 Å². The Morgan fingerprint density at radius 3 is 1.50 bits per heavy atom. The number of methoxy groups -OCH3 is 2. The van der Waals surface area contributed by atoms with E-state index in [0.29, 0.717) is 0 Å². The molecule has 0 spiro atoms. The Labute approximate surface area is 166 Å². The van der Waals surface area contributed by atoms with Gasteiger partial charge in [0.25, 0.3) is 0 Å². The van der Waals surface area contributed by atoms with Crippen molar-refractivity contribution < 1.29 is 9.47 Å². The predicted molar refractivity (Wildman–Crippen MR) is 119 cm³/mol. The molecule has 0 amide bonds. The van der Waals surface area contributed by atoms with Crippen LogP contribution in [0.4, 0.5) is 5.69 Å². The van der Waals surface area contributed by atoms with Crippen LogP contribution in [0.15, 0.2) is 60.7 Å². The van der Waals surface area contributed by atoms with Crippen LogP contribution in [0, 0.1) is 6.92 Å². The van der Waals surface area contributed by atoms with Crippen LogP contribution in [0.1, 0.15) is 27.8 Å². The Balaban J connectivity index is 1.90. The molecule has 0 aromatic heterocycles. The molecule has 3 heteroatoms. The largest absolute Gasteiger partial charge is 0.496 e. The molecule has 3 aromatic rings. The number of benzene rings is 3. The van der Waals surface area contributed by atoms with Crippen LogP contribution in [0.25, 0.3) is 24.3 Å². The van der Waals surface area contributed by atoms with Gasteiger partial charge in [0.15, 0.2) is 0 Å². The lowest BCUT2D eigenvalue weighted by molar-refractivity contribution is 0.401. The van der Waals surface area contributed by atoms with Crippen LogP contribution >= 0.6 is 0 Å². The van der Waals surface area contributed by atoms with Crippen LogP contribution < -0.4 is 15.2 Å². The van der Waals surface area contributed by atoms with Crippen molar-refractivity contribution >= 4 is 30.0 Å². The summed E-state index contributed by atoms with van der Waals surface area (Å²) in [5.74, 6) is 1.58. The molecule has 0 aliphatic heterocycles. The van der Waals surface area contributed by atoms with Crippen molar-refractivity contribution in [1.82, 2.24) is 0 Å². The summed E-state index contributed by atoms with van der Waals surface area (Å²) in [7, 11) is 3.36. The molecule has 142 valence electrons. The number of rotatable bonds is 6. The van der Waals surface area contributed by atoms with E-state index in [0.717, 1.165) is 39.4 Å². The second kappa shape index (κ2) is 8.96. The second-order valence-electron chi connectivity index (χ2n) is 6.58. The molecule has 0 aliphatic carbocycles. The third kappa shape index (κ3) is 4.83. The molecule has 3 aromatic carbocycles. The van der Waals surface area contributed by atoms with Crippen molar-refractivity contribution in [1.29, 1.82) is 0 Å². The Morgan fingerprint density at radius 2 is 1.07 bits per heavy atom. The standard InChI is InChI=1S/C25H25NO2/c1-18-4-6-19(7-5-18)8-12-21-16-25(28-3)22(17-24(21)27-2)13-9-20-10-14-23(26)15-11-20/h4-17H,26H2,1-3H3/b12-8+,13-9+. The summed E-state index contributed by atoms with van der Waals surface area (Å²) in [6.07, 6.45) is 8.15. The van der Waals surface area contributed by atoms with Crippen molar-refractivity contribution in [3.8, 4) is 11.5 Å². The summed E-state index contributed by atoms with van der Waals surface area (Å²) in [4.78, 5) is 0. The van der Waals surface area contributed by atoms with E-state index >= 15 is 0 Å². The summed E-state index contributed by atoms with van der Waals surface area (Å²) >= 11 is 0. The van der Waals surface area contributed by atoms with Gasteiger partial charge in [-0.25, -0.2) is 0 Å². The molecule has 0 radical (unpaired) electrons. The minimum atomic E-state index is 0.751. The van der Waals surface area contributed by atoms with Gasteiger partial charge in [-0.3, -0.25) is 0 Å². The molecule has 0 heterocycles. The summed E-state index contributed by atoms with van der Waals surface area (Å²) in [6.45, 7) is 2.08. The third-order valence-electron chi connectivity index (χ3n) is 4.51. The van der Waals surface area contributed by atoms with E-state index in [2.05, 4.69) is 37.3 Å². The van der Waals surface area contributed by atoms with E-state index < -0.39 is 0 Å². The summed E-state index contributed by atoms with van der Waals surface area (Å²) in [6, 6.07) is 20.1. The lowest BCUT2D eigenvalue weighted by atomic mass is 10.0. The second-order valence-corrected chi connectivity index (χ2v) is 6.58. The fourth-order valence-electron chi connectivity index (χ4n) is 2.86. The number of hydrogen-bond acceptors (Lipinski definition) is 3. The summed E-state index contributed by atoms with van der Waals surface area (Å²) in [5, 5.41) is 0. The van der Waals surface area contributed by atoms with E-state index in [1.165, 1.54) is 5.56 Å². The Morgan fingerprint density at radius 1 is 0.643 bits per heavy atom. The summed E-state index contributed by atoms with van der Waals surface area (Å²) < 4.78 is 11.2. The maximum Gasteiger partial charge on any atom is 0.126 e. The summed E-state index contributed by atoms with van der Waals surface area (Å²) in [5.41, 5.74) is 11.9. The number of nitrogen functional groups attached to an aromatic ring is 1. The van der Waals surface area contributed by atoms with Crippen molar-refractivity contribution in [3.05, 3.63) is 88.5 Å². The quantitative estimate of drug-likeness (QED) is 0.431. The Kier molecular flexibility index (Phi) is 6.18. The minimum Gasteiger partial charge on any atom is -0.496 e. The Bertz CT molecular complexity index is 901. The van der Waals surface area contributed by atoms with Crippen molar-refractivity contribution in [2.45, 2.75) is 6.92 Å². The van der Waals surface area contributed by atoms with Gasteiger partial charge in [0.2, 0.25) is 0 Å². The molecule has 0 bridgehead atoms. The van der Waals surface area contributed by atoms with Gasteiger partial charge in [-0.2, -0.15) is 0 Å². The van der Waals surface area contributed by atoms with Gasteiger partial charge in [-0.05, 0) is 42.3 Å². The van der Waals surface area contributed by atoms with Gasteiger partial charge in [0, 0.05) is 16.8 Å². The van der Waals surface area contributed by atoms with Crippen molar-refractivity contribution in [2.75, 3.05) is 20.0 Å². The van der Waals surface area contributed by atoms with Crippen LogP contribution in [0.3, 0.4) is 0 Å². The smallest absolute Gasteiger partial charge is 0.126 e. The van der Waals surface area contributed by atoms with Gasteiger partial charge in [-0.1, -0.05) is 66.3 Å². The van der Waals surface area contributed by atoms with Crippen molar-refractivity contribution in [2.24, 2.45) is 0 Å². The molecular weight excluding hydrogens is 346 g/mol. The average molecular weight is 371 g/mol. The molecule has 0 aliphatic rings. The third-order valence-corrected chi connectivity index (χ3v) is 4.51. The lowest BCUT2D eigenvalue weighted by Crippen LogP contribution is -1.93. The molecule has 28 heavy (non-hydrogen) atoms. The fraction of sp³-hybridized carbons (Fsp3) is 0.120. The van der Waals surface area contributed by atoms with Crippen LogP contribution in [-0.2, 0) is 0 Å². The molecule has 0 saturated carbocycles. The van der Waals surface area contributed by atoms with E-state index in [1.54, 1.807) is 14.2 Å². The Hall–Kier alpha value is -3.46. The van der Waals surface area contributed by atoms with Gasteiger partial charge in [0.1, 0.15) is 11.5 Å². The molecule has 3 rings (SSSR count). The fourth-order valence-corrected chi connectivity index (χ4v) is 2.86. The molecule has 0 unspecified atom stereocenters. The molecule has 2 N–H and O–H groups in total. The maximum atomic E-state index is 5.74. The van der Waals surface area contributed by atoms with Gasteiger partial charge in [-0.15, -0.1) is 0 Å². The van der Waals surface area contributed by atoms with E-state index in [4.69, 9.17) is 15.2 Å². The molecule has 0 atom stereocenters. The van der Waals surface area contributed by atoms with E-state index in [9.17, 15) is 0 Å². The van der Waals surface area contributed by atoms with E-state index in [1.807, 2.05) is 54.6 Å². The normalized spacial score (nSPS) is 11.2. The zero-order chi connectivity index (χ0) is 19.9.